The van der Waals surface area contributed by atoms with Gasteiger partial charge in [0.15, 0.2) is 0 Å². The molecule has 0 amide bonds. The lowest BCUT2D eigenvalue weighted by atomic mass is 10.3. The van der Waals surface area contributed by atoms with Crippen molar-refractivity contribution in [3.05, 3.63) is 29.3 Å². The third-order valence-electron chi connectivity index (χ3n) is 1.13. The van der Waals surface area contributed by atoms with E-state index < -0.39 is 0 Å². The number of hydrogen-bond donors (Lipinski definition) is 1. The van der Waals surface area contributed by atoms with Crippen LogP contribution in [0.4, 0.5) is 5.69 Å². The molecule has 0 radical (unpaired) electrons. The fourth-order valence-electron chi connectivity index (χ4n) is 0.617. The van der Waals surface area contributed by atoms with Crippen molar-refractivity contribution in [2.45, 2.75) is 13.8 Å². The van der Waals surface area contributed by atoms with Crippen molar-refractivity contribution < 1.29 is 0 Å². The van der Waals surface area contributed by atoms with Gasteiger partial charge in [-0.1, -0.05) is 25.4 Å². The molecule has 0 saturated heterocycles. The van der Waals surface area contributed by atoms with Gasteiger partial charge in [-0.05, 0) is 24.3 Å². The maximum Gasteiger partial charge on any atom is 0.0407 e. The van der Waals surface area contributed by atoms with Crippen LogP contribution in [-0.4, -0.2) is 7.05 Å². The maximum atomic E-state index is 5.64. The van der Waals surface area contributed by atoms with Crippen molar-refractivity contribution in [2.24, 2.45) is 0 Å². The molecular formula is C9H14ClN. The predicted octanol–water partition coefficient (Wildman–Crippen LogP) is 3.41. The van der Waals surface area contributed by atoms with Crippen molar-refractivity contribution in [1.82, 2.24) is 0 Å². The summed E-state index contributed by atoms with van der Waals surface area (Å²) >= 11 is 5.64. The van der Waals surface area contributed by atoms with Crippen LogP contribution >= 0.6 is 11.6 Å². The predicted molar refractivity (Wildman–Crippen MR) is 52.3 cm³/mol. The maximum absolute atomic E-state index is 5.64. The van der Waals surface area contributed by atoms with Gasteiger partial charge in [0.2, 0.25) is 0 Å². The lowest BCUT2D eigenvalue weighted by molar-refractivity contribution is 1.50. The van der Waals surface area contributed by atoms with Crippen LogP contribution in [0.15, 0.2) is 24.3 Å². The third kappa shape index (κ3) is 3.89. The highest BCUT2D eigenvalue weighted by molar-refractivity contribution is 6.30. The fraction of sp³-hybridized carbons (Fsp3) is 0.333. The van der Waals surface area contributed by atoms with Gasteiger partial charge in [0.05, 0.1) is 0 Å². The molecule has 0 atom stereocenters. The Morgan fingerprint density at radius 1 is 1.09 bits per heavy atom. The molecule has 1 rings (SSSR count). The highest BCUT2D eigenvalue weighted by Gasteiger charge is 1.85. The van der Waals surface area contributed by atoms with E-state index in [0.717, 1.165) is 10.7 Å². The van der Waals surface area contributed by atoms with E-state index in [2.05, 4.69) is 5.32 Å². The molecule has 1 aromatic rings. The highest BCUT2D eigenvalue weighted by atomic mass is 35.5. The lowest BCUT2D eigenvalue weighted by Crippen LogP contribution is -1.84. The second-order valence-corrected chi connectivity index (χ2v) is 2.19. The average Bonchev–Trinajstić information content (AvgIpc) is 2.10. The molecule has 0 saturated carbocycles. The summed E-state index contributed by atoms with van der Waals surface area (Å²) in [6.45, 7) is 4.00. The number of hydrogen-bond acceptors (Lipinski definition) is 1. The molecule has 0 unspecified atom stereocenters. The summed E-state index contributed by atoms with van der Waals surface area (Å²) in [5.74, 6) is 0. The Labute approximate surface area is 73.4 Å². The molecule has 62 valence electrons. The number of halogens is 1. The third-order valence-corrected chi connectivity index (χ3v) is 1.38. The Morgan fingerprint density at radius 2 is 1.55 bits per heavy atom. The van der Waals surface area contributed by atoms with Crippen LogP contribution in [0.5, 0.6) is 0 Å². The SMILES string of the molecule is CC.CNc1ccc(Cl)cc1. The zero-order valence-electron chi connectivity index (χ0n) is 7.19. The number of rotatable bonds is 1. The summed E-state index contributed by atoms with van der Waals surface area (Å²) < 4.78 is 0. The standard InChI is InChI=1S/C7H8ClN.C2H6/c1-9-7-4-2-6(8)3-5-7;1-2/h2-5,9H,1H3;1-2H3. The second kappa shape index (κ2) is 6.05. The summed E-state index contributed by atoms with van der Waals surface area (Å²) in [5.41, 5.74) is 1.08. The summed E-state index contributed by atoms with van der Waals surface area (Å²) in [5, 5.41) is 3.77. The largest absolute Gasteiger partial charge is 0.388 e. The van der Waals surface area contributed by atoms with E-state index in [1.807, 2.05) is 45.2 Å². The molecule has 0 aliphatic heterocycles. The molecule has 2 heteroatoms. The van der Waals surface area contributed by atoms with Gasteiger partial charge in [-0.3, -0.25) is 0 Å². The smallest absolute Gasteiger partial charge is 0.0407 e. The Bertz CT molecular complexity index is 181. The van der Waals surface area contributed by atoms with Gasteiger partial charge in [-0.25, -0.2) is 0 Å². The minimum atomic E-state index is 0.772. The quantitative estimate of drug-likeness (QED) is 0.683. The topological polar surface area (TPSA) is 12.0 Å². The van der Waals surface area contributed by atoms with E-state index in [-0.39, 0.29) is 0 Å². The first-order chi connectivity index (χ1) is 5.33. The lowest BCUT2D eigenvalue weighted by Gasteiger charge is -1.96. The average molecular weight is 172 g/mol. The van der Waals surface area contributed by atoms with E-state index in [1.165, 1.54) is 0 Å². The molecule has 1 nitrogen and oxygen atoms in total. The zero-order valence-corrected chi connectivity index (χ0v) is 7.94. The van der Waals surface area contributed by atoms with Gasteiger partial charge >= 0.3 is 0 Å². The zero-order chi connectivity index (χ0) is 8.69. The summed E-state index contributed by atoms with van der Waals surface area (Å²) in [6.07, 6.45) is 0. The van der Waals surface area contributed by atoms with Crippen molar-refractivity contribution >= 4 is 17.3 Å². The first-order valence-electron chi connectivity index (χ1n) is 3.76. The molecule has 1 aromatic carbocycles. The Morgan fingerprint density at radius 3 is 1.91 bits per heavy atom. The monoisotopic (exact) mass is 171 g/mol. The number of nitrogens with one attached hydrogen (secondary N) is 1. The molecule has 0 heterocycles. The molecule has 0 spiro atoms. The Kier molecular flexibility index (Phi) is 5.67. The van der Waals surface area contributed by atoms with E-state index >= 15 is 0 Å². The van der Waals surface area contributed by atoms with E-state index in [4.69, 9.17) is 11.6 Å². The molecule has 0 aliphatic carbocycles. The first kappa shape index (κ1) is 10.3. The summed E-state index contributed by atoms with van der Waals surface area (Å²) in [4.78, 5) is 0. The number of benzene rings is 1. The van der Waals surface area contributed by atoms with Crippen LogP contribution in [0.25, 0.3) is 0 Å². The molecule has 0 aliphatic rings. The van der Waals surface area contributed by atoms with Gasteiger partial charge in [-0.15, -0.1) is 0 Å². The van der Waals surface area contributed by atoms with Crippen LogP contribution in [0.3, 0.4) is 0 Å². The van der Waals surface area contributed by atoms with E-state index in [1.54, 1.807) is 0 Å². The number of anilines is 1. The molecule has 0 bridgehead atoms. The Balaban J connectivity index is 0.000000461. The minimum absolute atomic E-state index is 0.772. The van der Waals surface area contributed by atoms with Gasteiger partial charge in [0, 0.05) is 17.8 Å². The van der Waals surface area contributed by atoms with Crippen molar-refractivity contribution in [2.75, 3.05) is 12.4 Å². The first-order valence-corrected chi connectivity index (χ1v) is 4.14. The molecule has 11 heavy (non-hydrogen) atoms. The van der Waals surface area contributed by atoms with Gasteiger partial charge < -0.3 is 5.32 Å². The Hall–Kier alpha value is -0.690. The fourth-order valence-corrected chi connectivity index (χ4v) is 0.743. The second-order valence-electron chi connectivity index (χ2n) is 1.76. The van der Waals surface area contributed by atoms with Gasteiger partial charge in [-0.2, -0.15) is 0 Å². The van der Waals surface area contributed by atoms with Crippen LogP contribution < -0.4 is 5.32 Å². The van der Waals surface area contributed by atoms with Crippen LogP contribution in [0.1, 0.15) is 13.8 Å². The van der Waals surface area contributed by atoms with Crippen LogP contribution in [0, 0.1) is 0 Å². The minimum Gasteiger partial charge on any atom is -0.388 e. The summed E-state index contributed by atoms with van der Waals surface area (Å²) in [6, 6.07) is 7.57. The molecule has 1 N–H and O–H groups in total. The summed E-state index contributed by atoms with van der Waals surface area (Å²) in [7, 11) is 1.88. The van der Waals surface area contributed by atoms with Crippen LogP contribution in [-0.2, 0) is 0 Å². The van der Waals surface area contributed by atoms with E-state index in [0.29, 0.717) is 0 Å². The highest BCUT2D eigenvalue weighted by Crippen LogP contribution is 2.11. The van der Waals surface area contributed by atoms with Crippen molar-refractivity contribution in [3.8, 4) is 0 Å². The normalized spacial score (nSPS) is 8.00. The van der Waals surface area contributed by atoms with E-state index in [9.17, 15) is 0 Å². The van der Waals surface area contributed by atoms with Crippen LogP contribution in [0.2, 0.25) is 5.02 Å². The van der Waals surface area contributed by atoms with Gasteiger partial charge in [0.1, 0.15) is 0 Å². The molecular weight excluding hydrogens is 158 g/mol. The van der Waals surface area contributed by atoms with Crippen molar-refractivity contribution in [1.29, 1.82) is 0 Å². The van der Waals surface area contributed by atoms with Gasteiger partial charge in [0.25, 0.3) is 0 Å². The molecule has 0 fully saturated rings. The molecule has 0 aromatic heterocycles. The van der Waals surface area contributed by atoms with Crippen molar-refractivity contribution in [3.63, 3.8) is 0 Å².